The number of ether oxygens (including phenoxy) is 1. The van der Waals surface area contributed by atoms with Crippen LogP contribution in [0.4, 0.5) is 5.69 Å². The van der Waals surface area contributed by atoms with Crippen LogP contribution >= 0.6 is 0 Å². The number of carbonyl (C=O) groups excluding carboxylic acids is 1. The third kappa shape index (κ3) is 4.37. The standard InChI is InChI=1S/C12H17NO4S/c1-4-18(15,16)13-11-7-5-10(6-8-11)12(14)17-9(2)3/h5-9,13H,4H2,1-3H3. The van der Waals surface area contributed by atoms with Gasteiger partial charge in [0.05, 0.1) is 17.4 Å². The summed E-state index contributed by atoms with van der Waals surface area (Å²) < 4.78 is 30.1. The zero-order valence-electron chi connectivity index (χ0n) is 10.6. The molecule has 0 unspecified atom stereocenters. The zero-order chi connectivity index (χ0) is 13.8. The van der Waals surface area contributed by atoms with Gasteiger partial charge in [-0.3, -0.25) is 4.72 Å². The molecule has 18 heavy (non-hydrogen) atoms. The van der Waals surface area contributed by atoms with Crippen LogP contribution in [0, 0.1) is 0 Å². The first kappa shape index (κ1) is 14.5. The predicted octanol–water partition coefficient (Wildman–Crippen LogP) is 2.01. The molecule has 0 aliphatic heterocycles. The van der Waals surface area contributed by atoms with Gasteiger partial charge >= 0.3 is 5.97 Å². The molecule has 1 aromatic rings. The number of benzene rings is 1. The highest BCUT2D eigenvalue weighted by molar-refractivity contribution is 7.92. The number of sulfonamides is 1. The quantitative estimate of drug-likeness (QED) is 0.831. The lowest BCUT2D eigenvalue weighted by atomic mass is 10.2. The summed E-state index contributed by atoms with van der Waals surface area (Å²) in [5.74, 6) is -0.417. The normalized spacial score (nSPS) is 11.3. The smallest absolute Gasteiger partial charge is 0.338 e. The molecule has 0 saturated carbocycles. The molecule has 1 N–H and O–H groups in total. The summed E-state index contributed by atoms with van der Waals surface area (Å²) in [7, 11) is -3.29. The highest BCUT2D eigenvalue weighted by Crippen LogP contribution is 2.12. The Kier molecular flexibility index (Phi) is 4.72. The molecule has 1 rings (SSSR count). The highest BCUT2D eigenvalue weighted by Gasteiger charge is 2.10. The van der Waals surface area contributed by atoms with Crippen molar-refractivity contribution in [3.8, 4) is 0 Å². The topological polar surface area (TPSA) is 72.5 Å². The highest BCUT2D eigenvalue weighted by atomic mass is 32.2. The van der Waals surface area contributed by atoms with Crippen molar-refractivity contribution in [1.82, 2.24) is 0 Å². The molecule has 0 saturated heterocycles. The second kappa shape index (κ2) is 5.86. The maximum absolute atomic E-state index is 11.5. The predicted molar refractivity (Wildman–Crippen MR) is 70.1 cm³/mol. The number of carbonyl (C=O) groups is 1. The number of rotatable bonds is 5. The lowest BCUT2D eigenvalue weighted by Gasteiger charge is -2.09. The van der Waals surface area contributed by atoms with E-state index in [1.54, 1.807) is 20.8 Å². The zero-order valence-corrected chi connectivity index (χ0v) is 11.5. The van der Waals surface area contributed by atoms with Crippen molar-refractivity contribution in [3.05, 3.63) is 29.8 Å². The number of anilines is 1. The molecule has 1 aromatic carbocycles. The first-order valence-electron chi connectivity index (χ1n) is 5.65. The fourth-order valence-electron chi connectivity index (χ4n) is 1.21. The number of hydrogen-bond donors (Lipinski definition) is 1. The Morgan fingerprint density at radius 2 is 1.83 bits per heavy atom. The van der Waals surface area contributed by atoms with E-state index in [2.05, 4.69) is 4.72 Å². The van der Waals surface area contributed by atoms with Crippen LogP contribution < -0.4 is 4.72 Å². The Balaban J connectivity index is 2.77. The van der Waals surface area contributed by atoms with Crippen LogP contribution in [0.3, 0.4) is 0 Å². The van der Waals surface area contributed by atoms with Gasteiger partial charge in [-0.2, -0.15) is 0 Å². The van der Waals surface area contributed by atoms with E-state index in [-0.39, 0.29) is 11.9 Å². The molecule has 0 heterocycles. The fraction of sp³-hybridized carbons (Fsp3) is 0.417. The Bertz CT molecular complexity index is 505. The van der Waals surface area contributed by atoms with Crippen molar-refractivity contribution in [2.45, 2.75) is 26.9 Å². The molecule has 0 aromatic heterocycles. The van der Waals surface area contributed by atoms with Crippen LogP contribution in [0.25, 0.3) is 0 Å². The molecule has 0 amide bonds. The monoisotopic (exact) mass is 271 g/mol. The molecule has 100 valence electrons. The van der Waals surface area contributed by atoms with Crippen LogP contribution in [-0.4, -0.2) is 26.2 Å². The van der Waals surface area contributed by atoms with E-state index in [1.165, 1.54) is 24.3 Å². The molecule has 0 radical (unpaired) electrons. The van der Waals surface area contributed by atoms with Crippen molar-refractivity contribution in [1.29, 1.82) is 0 Å². The minimum atomic E-state index is -3.29. The van der Waals surface area contributed by atoms with Crippen LogP contribution in [0.1, 0.15) is 31.1 Å². The Labute approximate surface area is 107 Å². The molecule has 5 nitrogen and oxygen atoms in total. The van der Waals surface area contributed by atoms with Crippen molar-refractivity contribution in [3.63, 3.8) is 0 Å². The number of esters is 1. The van der Waals surface area contributed by atoms with Gasteiger partial charge < -0.3 is 4.74 Å². The summed E-state index contributed by atoms with van der Waals surface area (Å²) >= 11 is 0. The first-order chi connectivity index (χ1) is 8.34. The van der Waals surface area contributed by atoms with Crippen LogP contribution in [0.15, 0.2) is 24.3 Å². The first-order valence-corrected chi connectivity index (χ1v) is 7.31. The Morgan fingerprint density at radius 1 is 1.28 bits per heavy atom. The second-order valence-electron chi connectivity index (χ2n) is 4.04. The van der Waals surface area contributed by atoms with Crippen LogP contribution in [0.5, 0.6) is 0 Å². The van der Waals surface area contributed by atoms with E-state index >= 15 is 0 Å². The lowest BCUT2D eigenvalue weighted by molar-refractivity contribution is 0.0378. The molecule has 0 aliphatic carbocycles. The summed E-state index contributed by atoms with van der Waals surface area (Å²) in [5.41, 5.74) is 0.820. The van der Waals surface area contributed by atoms with Gasteiger partial charge in [0, 0.05) is 5.69 Å². The average Bonchev–Trinajstić information content (AvgIpc) is 2.28. The van der Waals surface area contributed by atoms with Crippen molar-refractivity contribution >= 4 is 21.7 Å². The molecule has 0 fully saturated rings. The van der Waals surface area contributed by atoms with Gasteiger partial charge in [-0.15, -0.1) is 0 Å². The lowest BCUT2D eigenvalue weighted by Crippen LogP contribution is -2.15. The minimum absolute atomic E-state index is 0.00411. The fourth-order valence-corrected chi connectivity index (χ4v) is 1.85. The summed E-state index contributed by atoms with van der Waals surface area (Å²) in [6, 6.07) is 6.12. The Hall–Kier alpha value is -1.56. The summed E-state index contributed by atoms with van der Waals surface area (Å²) in [4.78, 5) is 11.5. The molecular weight excluding hydrogens is 254 g/mol. The maximum atomic E-state index is 11.5. The van der Waals surface area contributed by atoms with Crippen molar-refractivity contribution < 1.29 is 17.9 Å². The second-order valence-corrected chi connectivity index (χ2v) is 6.05. The Morgan fingerprint density at radius 3 is 2.28 bits per heavy atom. The van der Waals surface area contributed by atoms with Gasteiger partial charge in [0.2, 0.25) is 10.0 Å². The van der Waals surface area contributed by atoms with Gasteiger partial charge in [0.1, 0.15) is 0 Å². The van der Waals surface area contributed by atoms with E-state index in [0.29, 0.717) is 11.3 Å². The molecule has 0 atom stereocenters. The number of hydrogen-bond acceptors (Lipinski definition) is 4. The van der Waals surface area contributed by atoms with E-state index in [1.807, 2.05) is 0 Å². The molecule has 0 spiro atoms. The van der Waals surface area contributed by atoms with Crippen molar-refractivity contribution in [2.24, 2.45) is 0 Å². The van der Waals surface area contributed by atoms with E-state index in [0.717, 1.165) is 0 Å². The maximum Gasteiger partial charge on any atom is 0.338 e. The molecule has 6 heteroatoms. The van der Waals surface area contributed by atoms with Crippen LogP contribution in [0.2, 0.25) is 0 Å². The SMILES string of the molecule is CCS(=O)(=O)Nc1ccc(C(=O)OC(C)C)cc1. The summed E-state index contributed by atoms with van der Waals surface area (Å²) in [5, 5.41) is 0. The molecular formula is C12H17NO4S. The largest absolute Gasteiger partial charge is 0.459 e. The van der Waals surface area contributed by atoms with Crippen LogP contribution in [-0.2, 0) is 14.8 Å². The summed E-state index contributed by atoms with van der Waals surface area (Å²) in [6.45, 7) is 5.08. The van der Waals surface area contributed by atoms with Gasteiger partial charge in [-0.25, -0.2) is 13.2 Å². The molecule has 0 bridgehead atoms. The van der Waals surface area contributed by atoms with E-state index < -0.39 is 16.0 Å². The number of nitrogens with one attached hydrogen (secondary N) is 1. The van der Waals surface area contributed by atoms with Gasteiger partial charge in [0.25, 0.3) is 0 Å². The van der Waals surface area contributed by atoms with Gasteiger partial charge in [-0.1, -0.05) is 0 Å². The minimum Gasteiger partial charge on any atom is -0.459 e. The molecule has 0 aliphatic rings. The van der Waals surface area contributed by atoms with Gasteiger partial charge in [0.15, 0.2) is 0 Å². The average molecular weight is 271 g/mol. The van der Waals surface area contributed by atoms with Crippen molar-refractivity contribution in [2.75, 3.05) is 10.5 Å². The van der Waals surface area contributed by atoms with E-state index in [9.17, 15) is 13.2 Å². The third-order valence-electron chi connectivity index (χ3n) is 2.12. The van der Waals surface area contributed by atoms with Gasteiger partial charge in [-0.05, 0) is 45.0 Å². The third-order valence-corrected chi connectivity index (χ3v) is 3.42. The van der Waals surface area contributed by atoms with E-state index in [4.69, 9.17) is 4.74 Å². The summed E-state index contributed by atoms with van der Waals surface area (Å²) in [6.07, 6.45) is -0.184.